The van der Waals surface area contributed by atoms with Crippen LogP contribution in [0.2, 0.25) is 0 Å². The van der Waals surface area contributed by atoms with Crippen molar-refractivity contribution in [2.24, 2.45) is 5.41 Å². The van der Waals surface area contributed by atoms with Crippen molar-refractivity contribution in [3.8, 4) is 6.07 Å². The average molecular weight is 536 g/mol. The molecule has 8 nitrogen and oxygen atoms in total. The minimum Gasteiger partial charge on any atom is -0.465 e. The molecule has 0 aliphatic carbocycles. The van der Waals surface area contributed by atoms with Crippen LogP contribution in [0.4, 0.5) is 36.8 Å². The van der Waals surface area contributed by atoms with Crippen LogP contribution in [0.1, 0.15) is 44.7 Å². The molecule has 3 rings (SSSR count). The van der Waals surface area contributed by atoms with Crippen LogP contribution in [0.25, 0.3) is 0 Å². The quantitative estimate of drug-likeness (QED) is 0.557. The predicted molar refractivity (Wildman–Crippen MR) is 117 cm³/mol. The van der Waals surface area contributed by atoms with E-state index in [9.17, 15) is 41.0 Å². The van der Waals surface area contributed by atoms with Gasteiger partial charge in [-0.15, -0.1) is 0 Å². The van der Waals surface area contributed by atoms with Crippen LogP contribution in [0.3, 0.4) is 0 Å². The second-order valence-corrected chi connectivity index (χ2v) is 10.1. The number of alkyl halides is 6. The molecule has 0 bridgehead atoms. The molecular weight excluding hydrogens is 510 g/mol. The number of amides is 2. The van der Waals surface area contributed by atoms with Crippen molar-refractivity contribution < 1.29 is 45.8 Å². The minimum absolute atomic E-state index is 0.108. The standard InChI is InChI=1S/C23H26F6N4O4/c1-21(2,3)17-8-13(6-7-32(17)20(35)36)31-18(34)16-11-33(19(37-16)23(27,28)29)14-5-4-12(10-30)15(9-14)22(24,25)26/h4-5,9,13,16-17,19H,6-8,11H2,1-3H3,(H,31,34)(H,35,36)/t13?,16-,17?,19+/m0/s1. The molecular formula is C23H26F6N4O4. The van der Waals surface area contributed by atoms with Crippen molar-refractivity contribution in [2.45, 2.75) is 70.4 Å². The van der Waals surface area contributed by atoms with Crippen molar-refractivity contribution in [2.75, 3.05) is 18.0 Å². The molecule has 0 radical (unpaired) electrons. The van der Waals surface area contributed by atoms with E-state index in [1.165, 1.54) is 11.0 Å². The maximum Gasteiger partial charge on any atom is 0.433 e. The number of carboxylic acid groups (broad SMARTS) is 1. The number of nitrogens with zero attached hydrogens (tertiary/aromatic N) is 3. The molecule has 14 heteroatoms. The lowest BCUT2D eigenvalue weighted by Crippen LogP contribution is -2.57. The molecule has 1 aromatic carbocycles. The molecule has 4 atom stereocenters. The van der Waals surface area contributed by atoms with Crippen molar-refractivity contribution >= 4 is 17.7 Å². The number of carbonyl (C=O) groups excluding carboxylic acids is 1. The lowest BCUT2D eigenvalue weighted by atomic mass is 9.79. The molecule has 2 unspecified atom stereocenters. The van der Waals surface area contributed by atoms with E-state index in [4.69, 9.17) is 10.00 Å². The lowest BCUT2D eigenvalue weighted by Gasteiger charge is -2.44. The third-order valence-electron chi connectivity index (χ3n) is 6.47. The van der Waals surface area contributed by atoms with E-state index in [2.05, 4.69) is 5.32 Å². The molecule has 37 heavy (non-hydrogen) atoms. The molecule has 2 aliphatic rings. The zero-order valence-corrected chi connectivity index (χ0v) is 20.2. The number of likely N-dealkylation sites (tertiary alicyclic amines) is 1. The van der Waals surface area contributed by atoms with Crippen LogP contribution in [0.15, 0.2) is 18.2 Å². The molecule has 2 heterocycles. The summed E-state index contributed by atoms with van der Waals surface area (Å²) >= 11 is 0. The number of anilines is 1. The van der Waals surface area contributed by atoms with Crippen molar-refractivity contribution in [3.63, 3.8) is 0 Å². The topological polar surface area (TPSA) is 106 Å². The largest absolute Gasteiger partial charge is 0.465 e. The second-order valence-electron chi connectivity index (χ2n) is 10.1. The summed E-state index contributed by atoms with van der Waals surface area (Å²) in [5.41, 5.74) is -3.14. The van der Waals surface area contributed by atoms with Crippen molar-refractivity contribution in [1.29, 1.82) is 5.26 Å². The van der Waals surface area contributed by atoms with Gasteiger partial charge in [0, 0.05) is 24.3 Å². The maximum absolute atomic E-state index is 13.7. The van der Waals surface area contributed by atoms with E-state index in [0.717, 1.165) is 12.1 Å². The molecule has 1 aromatic rings. The van der Waals surface area contributed by atoms with Gasteiger partial charge in [0.05, 0.1) is 23.7 Å². The average Bonchev–Trinajstić information content (AvgIpc) is 3.23. The van der Waals surface area contributed by atoms with E-state index in [-0.39, 0.29) is 19.4 Å². The third kappa shape index (κ3) is 6.20. The van der Waals surface area contributed by atoms with Crippen LogP contribution < -0.4 is 10.2 Å². The Labute approximate surface area is 208 Å². The number of hydrogen-bond donors (Lipinski definition) is 2. The Balaban J connectivity index is 1.81. The number of benzene rings is 1. The fourth-order valence-corrected chi connectivity index (χ4v) is 4.67. The van der Waals surface area contributed by atoms with Crippen LogP contribution in [-0.4, -0.2) is 65.7 Å². The summed E-state index contributed by atoms with van der Waals surface area (Å²) in [6.07, 6.45) is -15.0. The predicted octanol–water partition coefficient (Wildman–Crippen LogP) is 4.34. The first-order valence-electron chi connectivity index (χ1n) is 11.3. The van der Waals surface area contributed by atoms with Gasteiger partial charge >= 0.3 is 18.4 Å². The molecule has 0 saturated carbocycles. The number of rotatable bonds is 3. The van der Waals surface area contributed by atoms with Gasteiger partial charge < -0.3 is 25.0 Å². The number of nitriles is 1. The summed E-state index contributed by atoms with van der Waals surface area (Å²) < 4.78 is 86.3. The van der Waals surface area contributed by atoms with Crippen LogP contribution in [0, 0.1) is 16.7 Å². The van der Waals surface area contributed by atoms with E-state index in [1.807, 2.05) is 20.8 Å². The van der Waals surface area contributed by atoms with Gasteiger partial charge in [-0.25, -0.2) is 4.79 Å². The molecule has 2 fully saturated rings. The molecule has 0 spiro atoms. The highest BCUT2D eigenvalue weighted by Gasteiger charge is 2.53. The summed E-state index contributed by atoms with van der Waals surface area (Å²) in [4.78, 5) is 26.2. The summed E-state index contributed by atoms with van der Waals surface area (Å²) in [5, 5.41) is 21.0. The summed E-state index contributed by atoms with van der Waals surface area (Å²) in [6, 6.07) is 2.48. The molecule has 204 valence electrons. The summed E-state index contributed by atoms with van der Waals surface area (Å²) in [6.45, 7) is 4.91. The van der Waals surface area contributed by atoms with Crippen LogP contribution in [0.5, 0.6) is 0 Å². The second kappa shape index (κ2) is 9.92. The van der Waals surface area contributed by atoms with Gasteiger partial charge in [0.1, 0.15) is 0 Å². The van der Waals surface area contributed by atoms with E-state index in [0.29, 0.717) is 11.0 Å². The number of hydrogen-bond acceptors (Lipinski definition) is 5. The minimum atomic E-state index is -5.04. The van der Waals surface area contributed by atoms with Gasteiger partial charge in [0.2, 0.25) is 6.23 Å². The Bertz CT molecular complexity index is 1080. The first kappa shape index (κ1) is 28.4. The lowest BCUT2D eigenvalue weighted by molar-refractivity contribution is -0.213. The number of halogens is 6. The number of nitrogens with one attached hydrogen (secondary N) is 1. The van der Waals surface area contributed by atoms with Crippen molar-refractivity contribution in [3.05, 3.63) is 29.3 Å². The fraction of sp³-hybridized carbons (Fsp3) is 0.609. The molecule has 2 N–H and O–H groups in total. The smallest absolute Gasteiger partial charge is 0.433 e. The first-order chi connectivity index (χ1) is 16.9. The van der Waals surface area contributed by atoms with E-state index >= 15 is 0 Å². The summed E-state index contributed by atoms with van der Waals surface area (Å²) in [7, 11) is 0. The highest BCUT2D eigenvalue weighted by atomic mass is 19.4. The Hall–Kier alpha value is -3.21. The van der Waals surface area contributed by atoms with Crippen LogP contribution >= 0.6 is 0 Å². The highest BCUT2D eigenvalue weighted by molar-refractivity contribution is 5.82. The number of carbonyl (C=O) groups is 2. The van der Waals surface area contributed by atoms with Crippen molar-refractivity contribution in [1.82, 2.24) is 10.2 Å². The SMILES string of the molecule is CC(C)(C)C1CC(NC(=O)[C@@H]2CN(c3ccc(C#N)c(C(F)(F)F)c3)[C@@H](C(F)(F)F)O2)CCN1C(=O)O. The molecule has 2 aliphatic heterocycles. The normalized spacial score (nSPS) is 25.1. The summed E-state index contributed by atoms with van der Waals surface area (Å²) in [5.74, 6) is -0.886. The highest BCUT2D eigenvalue weighted by Crippen LogP contribution is 2.39. The van der Waals surface area contributed by atoms with E-state index in [1.54, 1.807) is 0 Å². The third-order valence-corrected chi connectivity index (χ3v) is 6.47. The number of ether oxygens (including phenoxy) is 1. The zero-order chi connectivity index (χ0) is 27.9. The van der Waals surface area contributed by atoms with Gasteiger partial charge in [0.25, 0.3) is 5.91 Å². The molecule has 2 amide bonds. The van der Waals surface area contributed by atoms with Gasteiger partial charge in [-0.1, -0.05) is 20.8 Å². The monoisotopic (exact) mass is 536 g/mol. The molecule has 2 saturated heterocycles. The van der Waals surface area contributed by atoms with Gasteiger partial charge in [-0.2, -0.15) is 31.6 Å². The van der Waals surface area contributed by atoms with E-state index < -0.39 is 77.5 Å². The van der Waals surface area contributed by atoms with Gasteiger partial charge in [0.15, 0.2) is 6.10 Å². The Morgan fingerprint density at radius 2 is 1.81 bits per heavy atom. The Morgan fingerprint density at radius 1 is 1.16 bits per heavy atom. The fourth-order valence-electron chi connectivity index (χ4n) is 4.67. The van der Waals surface area contributed by atoms with Gasteiger partial charge in [-0.3, -0.25) is 4.79 Å². The molecule has 0 aromatic heterocycles. The van der Waals surface area contributed by atoms with Gasteiger partial charge in [-0.05, 0) is 36.5 Å². The number of piperidine rings is 1. The maximum atomic E-state index is 13.7. The Morgan fingerprint density at radius 3 is 2.32 bits per heavy atom. The first-order valence-corrected chi connectivity index (χ1v) is 11.3. The Kier molecular flexibility index (Phi) is 7.61. The van der Waals surface area contributed by atoms with Crippen LogP contribution in [-0.2, 0) is 15.7 Å². The zero-order valence-electron chi connectivity index (χ0n) is 20.2.